The van der Waals surface area contributed by atoms with Crippen LogP contribution in [0.2, 0.25) is 0 Å². The van der Waals surface area contributed by atoms with Gasteiger partial charge in [-0.1, -0.05) is 30.3 Å². The second kappa shape index (κ2) is 7.06. The highest BCUT2D eigenvalue weighted by Crippen LogP contribution is 2.24. The molecule has 0 aliphatic heterocycles. The van der Waals surface area contributed by atoms with Crippen molar-refractivity contribution in [1.82, 2.24) is 4.98 Å². The number of hydrogen-bond acceptors (Lipinski definition) is 2. The molecule has 1 heterocycles. The molecule has 0 radical (unpaired) electrons. The van der Waals surface area contributed by atoms with Gasteiger partial charge >= 0.3 is 0 Å². The Kier molecular flexibility index (Phi) is 5.40. The molecule has 2 aromatic rings. The number of pyridine rings is 1. The fourth-order valence-electron chi connectivity index (χ4n) is 1.85. The van der Waals surface area contributed by atoms with Crippen molar-refractivity contribution in [1.29, 1.82) is 0 Å². The molecule has 0 aliphatic carbocycles. The summed E-state index contributed by atoms with van der Waals surface area (Å²) < 4.78 is 1.95. The third-order valence-corrected chi connectivity index (χ3v) is 3.94. The standard InChI is InChI=1S/C15H16Br2N2/c1-11(7-8-12-5-3-2-4-6-12)19-15-14(17)9-13(16)10-18-15/h2-6,9-11H,7-8H2,1H3,(H,18,19). The summed E-state index contributed by atoms with van der Waals surface area (Å²) >= 11 is 6.92. The van der Waals surface area contributed by atoms with Gasteiger partial charge in [-0.15, -0.1) is 0 Å². The van der Waals surface area contributed by atoms with Crippen molar-refractivity contribution in [2.75, 3.05) is 5.32 Å². The maximum absolute atomic E-state index is 4.37. The third kappa shape index (κ3) is 4.62. The van der Waals surface area contributed by atoms with E-state index in [-0.39, 0.29) is 0 Å². The number of nitrogens with zero attached hydrogens (tertiary/aromatic N) is 1. The summed E-state index contributed by atoms with van der Waals surface area (Å²) in [7, 11) is 0. The molecule has 19 heavy (non-hydrogen) atoms. The lowest BCUT2D eigenvalue weighted by molar-refractivity contribution is 0.702. The average molecular weight is 384 g/mol. The van der Waals surface area contributed by atoms with Gasteiger partial charge in [0.05, 0.1) is 4.47 Å². The number of halogens is 2. The molecular weight excluding hydrogens is 368 g/mol. The maximum Gasteiger partial charge on any atom is 0.140 e. The van der Waals surface area contributed by atoms with Gasteiger partial charge in [-0.2, -0.15) is 0 Å². The van der Waals surface area contributed by atoms with Gasteiger partial charge in [0.15, 0.2) is 0 Å². The number of nitrogens with one attached hydrogen (secondary N) is 1. The summed E-state index contributed by atoms with van der Waals surface area (Å²) in [6.45, 7) is 2.18. The highest BCUT2D eigenvalue weighted by Gasteiger charge is 2.07. The second-order valence-corrected chi connectivity index (χ2v) is 6.32. The Bertz CT molecular complexity index is 529. The lowest BCUT2D eigenvalue weighted by Gasteiger charge is -2.15. The van der Waals surface area contributed by atoms with Crippen molar-refractivity contribution in [2.45, 2.75) is 25.8 Å². The SMILES string of the molecule is CC(CCc1ccccc1)Nc1ncc(Br)cc1Br. The molecule has 0 aliphatic rings. The molecule has 0 saturated heterocycles. The Balaban J connectivity index is 1.89. The van der Waals surface area contributed by atoms with Gasteiger partial charge in [-0.3, -0.25) is 0 Å². The van der Waals surface area contributed by atoms with E-state index in [1.54, 1.807) is 6.20 Å². The van der Waals surface area contributed by atoms with Crippen molar-refractivity contribution < 1.29 is 0 Å². The lowest BCUT2D eigenvalue weighted by Crippen LogP contribution is -2.17. The molecule has 1 atom stereocenters. The number of hydrogen-bond donors (Lipinski definition) is 1. The van der Waals surface area contributed by atoms with E-state index in [1.165, 1.54) is 5.56 Å². The zero-order valence-corrected chi connectivity index (χ0v) is 13.9. The molecule has 1 aromatic carbocycles. The molecule has 0 spiro atoms. The van der Waals surface area contributed by atoms with Crippen LogP contribution in [0.5, 0.6) is 0 Å². The first kappa shape index (κ1) is 14.5. The molecule has 0 bridgehead atoms. The van der Waals surface area contributed by atoms with Crippen molar-refractivity contribution in [2.24, 2.45) is 0 Å². The third-order valence-electron chi connectivity index (χ3n) is 2.90. The Hall–Kier alpha value is -0.870. The number of rotatable bonds is 5. The van der Waals surface area contributed by atoms with Crippen LogP contribution < -0.4 is 5.32 Å². The summed E-state index contributed by atoms with van der Waals surface area (Å²) in [5.74, 6) is 0.892. The van der Waals surface area contributed by atoms with Crippen LogP contribution in [0.1, 0.15) is 18.9 Å². The first-order valence-electron chi connectivity index (χ1n) is 6.26. The van der Waals surface area contributed by atoms with Crippen molar-refractivity contribution in [3.63, 3.8) is 0 Å². The fourth-order valence-corrected chi connectivity index (χ4v) is 2.96. The monoisotopic (exact) mass is 382 g/mol. The maximum atomic E-state index is 4.37. The normalized spacial score (nSPS) is 12.2. The Morgan fingerprint density at radius 3 is 2.63 bits per heavy atom. The number of aromatic nitrogens is 1. The second-order valence-electron chi connectivity index (χ2n) is 4.55. The van der Waals surface area contributed by atoms with Gasteiger partial charge in [-0.05, 0) is 63.3 Å². The van der Waals surface area contributed by atoms with Gasteiger partial charge in [0.2, 0.25) is 0 Å². The Morgan fingerprint density at radius 1 is 1.21 bits per heavy atom. The van der Waals surface area contributed by atoms with Crippen LogP contribution in [-0.4, -0.2) is 11.0 Å². The Labute approximate surface area is 130 Å². The first-order valence-corrected chi connectivity index (χ1v) is 7.85. The van der Waals surface area contributed by atoms with Crippen LogP contribution in [0.3, 0.4) is 0 Å². The van der Waals surface area contributed by atoms with Crippen molar-refractivity contribution in [3.05, 3.63) is 57.1 Å². The quantitative estimate of drug-likeness (QED) is 0.782. The van der Waals surface area contributed by atoms with Crippen LogP contribution in [0.4, 0.5) is 5.82 Å². The number of anilines is 1. The highest BCUT2D eigenvalue weighted by molar-refractivity contribution is 9.11. The zero-order valence-electron chi connectivity index (χ0n) is 10.7. The van der Waals surface area contributed by atoms with Gasteiger partial charge in [0, 0.05) is 16.7 Å². The van der Waals surface area contributed by atoms with Crippen LogP contribution in [-0.2, 0) is 6.42 Å². The smallest absolute Gasteiger partial charge is 0.140 e. The van der Waals surface area contributed by atoms with Crippen molar-refractivity contribution in [3.8, 4) is 0 Å². The molecule has 1 unspecified atom stereocenters. The summed E-state index contributed by atoms with van der Waals surface area (Å²) in [5, 5.41) is 3.43. The zero-order chi connectivity index (χ0) is 13.7. The van der Waals surface area contributed by atoms with E-state index in [0.717, 1.165) is 27.6 Å². The van der Waals surface area contributed by atoms with Crippen LogP contribution in [0, 0.1) is 0 Å². The number of benzene rings is 1. The molecule has 2 nitrogen and oxygen atoms in total. The Morgan fingerprint density at radius 2 is 1.95 bits per heavy atom. The van der Waals surface area contributed by atoms with E-state index in [1.807, 2.05) is 12.1 Å². The average Bonchev–Trinajstić information content (AvgIpc) is 2.41. The largest absolute Gasteiger partial charge is 0.367 e. The highest BCUT2D eigenvalue weighted by atomic mass is 79.9. The van der Waals surface area contributed by atoms with E-state index in [0.29, 0.717) is 6.04 Å². The van der Waals surface area contributed by atoms with Crippen LogP contribution in [0.25, 0.3) is 0 Å². The minimum Gasteiger partial charge on any atom is -0.367 e. The summed E-state index contributed by atoms with van der Waals surface area (Å²) in [5.41, 5.74) is 1.37. The minimum atomic E-state index is 0.380. The van der Waals surface area contributed by atoms with Gasteiger partial charge in [-0.25, -0.2) is 4.98 Å². The van der Waals surface area contributed by atoms with Crippen LogP contribution in [0.15, 0.2) is 51.5 Å². The molecule has 1 N–H and O–H groups in total. The summed E-state index contributed by atoms with van der Waals surface area (Å²) in [6.07, 6.45) is 3.95. The van der Waals surface area contributed by atoms with Crippen molar-refractivity contribution >= 4 is 37.7 Å². The molecule has 4 heteroatoms. The van der Waals surface area contributed by atoms with E-state index in [2.05, 4.69) is 73.3 Å². The molecule has 0 saturated carbocycles. The predicted octanol–water partition coefficient (Wildman–Crippen LogP) is 5.04. The van der Waals surface area contributed by atoms with E-state index in [4.69, 9.17) is 0 Å². The minimum absolute atomic E-state index is 0.380. The first-order chi connectivity index (χ1) is 9.15. The van der Waals surface area contributed by atoms with Gasteiger partial charge in [0.1, 0.15) is 5.82 Å². The van der Waals surface area contributed by atoms with Gasteiger partial charge < -0.3 is 5.32 Å². The fraction of sp³-hybridized carbons (Fsp3) is 0.267. The lowest BCUT2D eigenvalue weighted by atomic mass is 10.1. The molecule has 0 amide bonds. The molecule has 1 aromatic heterocycles. The van der Waals surface area contributed by atoms with Crippen LogP contribution >= 0.6 is 31.9 Å². The molecule has 100 valence electrons. The van der Waals surface area contributed by atoms with E-state index in [9.17, 15) is 0 Å². The van der Waals surface area contributed by atoms with E-state index < -0.39 is 0 Å². The molecule has 0 fully saturated rings. The topological polar surface area (TPSA) is 24.9 Å². The number of aryl methyl sites for hydroxylation is 1. The van der Waals surface area contributed by atoms with E-state index >= 15 is 0 Å². The summed E-state index contributed by atoms with van der Waals surface area (Å²) in [6, 6.07) is 12.9. The predicted molar refractivity (Wildman–Crippen MR) is 87.5 cm³/mol. The molecular formula is C15H16Br2N2. The molecule has 2 rings (SSSR count). The summed E-state index contributed by atoms with van der Waals surface area (Å²) in [4.78, 5) is 4.37. The van der Waals surface area contributed by atoms with Gasteiger partial charge in [0.25, 0.3) is 0 Å².